The standard InChI is InChI=1S/C18H15ClNO3/c1-11-6-17-15(8-16(11)19)14(7-18(22)23-17)10-20-5-3-4-13(9-20)12(2)21/h3-9H,10H2,1-2H3/q+1. The summed E-state index contributed by atoms with van der Waals surface area (Å²) in [5.41, 5.74) is 2.37. The van der Waals surface area contributed by atoms with Crippen molar-refractivity contribution >= 4 is 28.4 Å². The molecule has 0 bridgehead atoms. The molecule has 2 heterocycles. The molecule has 3 rings (SSSR count). The van der Waals surface area contributed by atoms with Crippen molar-refractivity contribution in [2.24, 2.45) is 0 Å². The fourth-order valence-corrected chi connectivity index (χ4v) is 2.67. The van der Waals surface area contributed by atoms with Crippen molar-refractivity contribution in [2.45, 2.75) is 20.4 Å². The molecular weight excluding hydrogens is 314 g/mol. The van der Waals surface area contributed by atoms with E-state index in [1.165, 1.54) is 13.0 Å². The Kier molecular flexibility index (Phi) is 4.01. The molecule has 0 unspecified atom stereocenters. The molecule has 116 valence electrons. The van der Waals surface area contributed by atoms with Gasteiger partial charge in [-0.1, -0.05) is 11.6 Å². The van der Waals surface area contributed by atoms with Crippen LogP contribution >= 0.6 is 11.6 Å². The number of aromatic nitrogens is 1. The molecule has 0 radical (unpaired) electrons. The van der Waals surface area contributed by atoms with Crippen LogP contribution in [-0.4, -0.2) is 5.78 Å². The van der Waals surface area contributed by atoms with E-state index in [1.54, 1.807) is 24.4 Å². The maximum absolute atomic E-state index is 11.8. The monoisotopic (exact) mass is 328 g/mol. The van der Waals surface area contributed by atoms with Crippen molar-refractivity contribution < 1.29 is 13.8 Å². The molecule has 0 spiro atoms. The van der Waals surface area contributed by atoms with Gasteiger partial charge in [0.1, 0.15) is 5.58 Å². The van der Waals surface area contributed by atoms with Crippen molar-refractivity contribution in [3.63, 3.8) is 0 Å². The number of nitrogens with zero attached hydrogens (tertiary/aromatic N) is 1. The summed E-state index contributed by atoms with van der Waals surface area (Å²) in [5.74, 6) is -0.00421. The Balaban J connectivity index is 2.13. The largest absolute Gasteiger partial charge is 0.423 e. The molecule has 0 fully saturated rings. The predicted molar refractivity (Wildman–Crippen MR) is 88.0 cm³/mol. The van der Waals surface area contributed by atoms with Gasteiger partial charge in [-0.05, 0) is 37.6 Å². The van der Waals surface area contributed by atoms with Crippen molar-refractivity contribution in [3.8, 4) is 0 Å². The van der Waals surface area contributed by atoms with E-state index >= 15 is 0 Å². The first-order valence-electron chi connectivity index (χ1n) is 7.17. The first-order chi connectivity index (χ1) is 10.9. The van der Waals surface area contributed by atoms with Gasteiger partial charge in [0.05, 0.1) is 5.56 Å². The number of hydrogen-bond donors (Lipinski definition) is 0. The third-order valence-corrected chi connectivity index (χ3v) is 4.13. The maximum Gasteiger partial charge on any atom is 0.336 e. The maximum atomic E-state index is 11.8. The van der Waals surface area contributed by atoms with Gasteiger partial charge in [0.25, 0.3) is 0 Å². The van der Waals surface area contributed by atoms with Crippen LogP contribution in [-0.2, 0) is 6.54 Å². The molecule has 3 aromatic rings. The summed E-state index contributed by atoms with van der Waals surface area (Å²) in [4.78, 5) is 23.3. The fraction of sp³-hybridized carbons (Fsp3) is 0.167. The number of ketones is 1. The van der Waals surface area contributed by atoms with Crippen LogP contribution in [0.3, 0.4) is 0 Å². The van der Waals surface area contributed by atoms with E-state index in [9.17, 15) is 9.59 Å². The molecule has 0 N–H and O–H groups in total. The Morgan fingerprint density at radius 2 is 2.09 bits per heavy atom. The first kappa shape index (κ1) is 15.4. The summed E-state index contributed by atoms with van der Waals surface area (Å²) < 4.78 is 7.12. The van der Waals surface area contributed by atoms with Crippen molar-refractivity contribution in [1.29, 1.82) is 0 Å². The molecule has 0 amide bonds. The zero-order chi connectivity index (χ0) is 16.6. The lowest BCUT2D eigenvalue weighted by atomic mass is 10.1. The minimum atomic E-state index is -0.405. The summed E-state index contributed by atoms with van der Waals surface area (Å²) in [6, 6.07) is 8.60. The van der Waals surface area contributed by atoms with E-state index in [-0.39, 0.29) is 5.78 Å². The zero-order valence-corrected chi connectivity index (χ0v) is 13.6. The number of Topliss-reactive ketones (excluding diaryl/α,β-unsaturated/α-hetero) is 1. The van der Waals surface area contributed by atoms with E-state index in [4.69, 9.17) is 16.0 Å². The first-order valence-corrected chi connectivity index (χ1v) is 7.55. The van der Waals surface area contributed by atoms with Crippen molar-refractivity contribution in [3.05, 3.63) is 74.9 Å². The van der Waals surface area contributed by atoms with E-state index in [0.717, 1.165) is 16.5 Å². The fourth-order valence-electron chi connectivity index (χ4n) is 2.50. The molecule has 0 saturated carbocycles. The summed E-state index contributed by atoms with van der Waals surface area (Å²) in [7, 11) is 0. The number of benzene rings is 1. The van der Waals surface area contributed by atoms with Crippen LogP contribution in [0.5, 0.6) is 0 Å². The SMILES string of the molecule is CC(=O)c1ccc[n+](Cc2cc(=O)oc3cc(C)c(Cl)cc23)c1. The smallest absolute Gasteiger partial charge is 0.336 e. The second kappa shape index (κ2) is 5.97. The number of pyridine rings is 1. The van der Waals surface area contributed by atoms with Crippen molar-refractivity contribution in [2.75, 3.05) is 0 Å². The lowest BCUT2D eigenvalue weighted by Gasteiger charge is -2.05. The van der Waals surface area contributed by atoms with Gasteiger partial charge >= 0.3 is 5.63 Å². The lowest BCUT2D eigenvalue weighted by molar-refractivity contribution is -0.688. The van der Waals surface area contributed by atoms with Gasteiger partial charge in [-0.2, -0.15) is 0 Å². The highest BCUT2D eigenvalue weighted by Crippen LogP contribution is 2.25. The topological polar surface area (TPSA) is 51.2 Å². The van der Waals surface area contributed by atoms with Crippen LogP contribution < -0.4 is 10.2 Å². The van der Waals surface area contributed by atoms with Crippen LogP contribution in [0.2, 0.25) is 5.02 Å². The predicted octanol–water partition coefficient (Wildman–Crippen LogP) is 3.29. The van der Waals surface area contributed by atoms with E-state index in [2.05, 4.69) is 0 Å². The van der Waals surface area contributed by atoms with Gasteiger partial charge in [0.2, 0.25) is 0 Å². The van der Waals surface area contributed by atoms with Gasteiger partial charge in [0.15, 0.2) is 24.7 Å². The van der Waals surface area contributed by atoms with Gasteiger partial charge in [-0.15, -0.1) is 0 Å². The number of halogens is 1. The molecule has 0 aliphatic carbocycles. The second-order valence-corrected chi connectivity index (χ2v) is 5.92. The van der Waals surface area contributed by atoms with E-state index in [1.807, 2.05) is 23.8 Å². The highest BCUT2D eigenvalue weighted by Gasteiger charge is 2.13. The number of hydrogen-bond acceptors (Lipinski definition) is 3. The molecule has 0 saturated heterocycles. The minimum Gasteiger partial charge on any atom is -0.423 e. The van der Waals surface area contributed by atoms with E-state index < -0.39 is 5.63 Å². The Labute approximate surface area is 137 Å². The third kappa shape index (κ3) is 3.17. The second-order valence-electron chi connectivity index (χ2n) is 5.51. The number of aryl methyl sites for hydroxylation is 1. The quantitative estimate of drug-likeness (QED) is 0.421. The zero-order valence-electron chi connectivity index (χ0n) is 12.8. The van der Waals surface area contributed by atoms with E-state index in [0.29, 0.717) is 22.7 Å². The molecule has 0 aliphatic rings. The molecule has 0 atom stereocenters. The van der Waals surface area contributed by atoms with Crippen LogP contribution in [0.1, 0.15) is 28.4 Å². The molecule has 0 aliphatic heterocycles. The summed E-state index contributed by atoms with van der Waals surface area (Å²) >= 11 is 6.20. The summed E-state index contributed by atoms with van der Waals surface area (Å²) in [6.07, 6.45) is 3.61. The summed E-state index contributed by atoms with van der Waals surface area (Å²) in [5, 5.41) is 1.41. The Morgan fingerprint density at radius 3 is 2.83 bits per heavy atom. The molecule has 5 heteroatoms. The molecule has 2 aromatic heterocycles. The Bertz CT molecular complexity index is 976. The summed E-state index contributed by atoms with van der Waals surface area (Å²) in [6.45, 7) is 3.83. The molecule has 1 aromatic carbocycles. The van der Waals surface area contributed by atoms with Gasteiger partial charge < -0.3 is 4.42 Å². The number of carbonyl (C=O) groups excluding carboxylic acids is 1. The number of fused-ring (bicyclic) bond motifs is 1. The van der Waals surface area contributed by atoms with Gasteiger partial charge in [-0.25, -0.2) is 9.36 Å². The molecule has 23 heavy (non-hydrogen) atoms. The highest BCUT2D eigenvalue weighted by atomic mass is 35.5. The van der Waals surface area contributed by atoms with Crippen LogP contribution in [0, 0.1) is 6.92 Å². The average molecular weight is 329 g/mol. The third-order valence-electron chi connectivity index (χ3n) is 3.73. The van der Waals surface area contributed by atoms with Gasteiger partial charge in [0, 0.05) is 28.1 Å². The van der Waals surface area contributed by atoms with Crippen molar-refractivity contribution in [1.82, 2.24) is 0 Å². The van der Waals surface area contributed by atoms with Crippen LogP contribution in [0.15, 0.2) is 51.9 Å². The normalized spacial score (nSPS) is 10.9. The molecule has 4 nitrogen and oxygen atoms in total. The van der Waals surface area contributed by atoms with Crippen LogP contribution in [0.25, 0.3) is 11.0 Å². The lowest BCUT2D eigenvalue weighted by Crippen LogP contribution is -2.34. The van der Waals surface area contributed by atoms with Gasteiger partial charge in [-0.3, -0.25) is 4.79 Å². The highest BCUT2D eigenvalue weighted by molar-refractivity contribution is 6.32. The number of carbonyl (C=O) groups is 1. The van der Waals surface area contributed by atoms with Crippen LogP contribution in [0.4, 0.5) is 0 Å². The Morgan fingerprint density at radius 1 is 1.30 bits per heavy atom. The average Bonchev–Trinajstić information content (AvgIpc) is 2.49. The minimum absolute atomic E-state index is 0.00421. The molecular formula is C18H15ClNO3+. The number of rotatable bonds is 3. The Hall–Kier alpha value is -2.46.